The van der Waals surface area contributed by atoms with Gasteiger partial charge in [-0.1, -0.05) is 13.0 Å². The van der Waals surface area contributed by atoms with Crippen LogP contribution in [0, 0.1) is 0 Å². The Kier molecular flexibility index (Phi) is 6.95. The smallest absolute Gasteiger partial charge is 0.242 e. The quantitative estimate of drug-likeness (QED) is 0.622. The zero-order valence-corrected chi connectivity index (χ0v) is 14.7. The summed E-state index contributed by atoms with van der Waals surface area (Å²) in [6.45, 7) is 3.60. The van der Waals surface area contributed by atoms with Gasteiger partial charge in [-0.3, -0.25) is 0 Å². The summed E-state index contributed by atoms with van der Waals surface area (Å²) < 4.78 is 51.9. The van der Waals surface area contributed by atoms with Crippen LogP contribution in [0.1, 0.15) is 13.3 Å². The minimum Gasteiger partial charge on any atom is -0.315 e. The Morgan fingerprint density at radius 3 is 2.23 bits per heavy atom. The number of rotatable bonds is 9. The molecule has 1 aromatic carbocycles. The van der Waals surface area contributed by atoms with Crippen molar-refractivity contribution in [1.82, 2.24) is 14.3 Å². The number of benzene rings is 1. The first-order valence-corrected chi connectivity index (χ1v) is 9.87. The van der Waals surface area contributed by atoms with Gasteiger partial charge in [0.1, 0.15) is 0 Å². The van der Waals surface area contributed by atoms with Crippen LogP contribution in [0.25, 0.3) is 0 Å². The van der Waals surface area contributed by atoms with Crippen molar-refractivity contribution in [2.45, 2.75) is 23.1 Å². The van der Waals surface area contributed by atoms with Crippen LogP contribution in [0.5, 0.6) is 0 Å². The van der Waals surface area contributed by atoms with Crippen LogP contribution in [-0.2, 0) is 20.0 Å². The lowest BCUT2D eigenvalue weighted by Gasteiger charge is -2.13. The highest BCUT2D eigenvalue weighted by atomic mass is 32.2. The first-order valence-electron chi connectivity index (χ1n) is 6.95. The molecule has 9 heteroatoms. The Balaban J connectivity index is 2.88. The molecule has 2 N–H and O–H groups in total. The van der Waals surface area contributed by atoms with Gasteiger partial charge in [0, 0.05) is 27.2 Å². The molecular weight excluding hydrogens is 326 g/mol. The van der Waals surface area contributed by atoms with Gasteiger partial charge in [-0.25, -0.2) is 25.9 Å². The predicted molar refractivity (Wildman–Crippen MR) is 85.7 cm³/mol. The normalized spacial score (nSPS) is 12.7. The van der Waals surface area contributed by atoms with Crippen LogP contribution in [0.2, 0.25) is 0 Å². The summed E-state index contributed by atoms with van der Waals surface area (Å²) in [5, 5.41) is 3.08. The first kappa shape index (κ1) is 19.0. The van der Waals surface area contributed by atoms with Crippen LogP contribution in [0.4, 0.5) is 0 Å². The molecule has 0 spiro atoms. The van der Waals surface area contributed by atoms with E-state index in [9.17, 15) is 16.8 Å². The molecular formula is C13H23N3O4S2. The second-order valence-corrected chi connectivity index (χ2v) is 8.83. The number of hydrogen-bond acceptors (Lipinski definition) is 5. The summed E-state index contributed by atoms with van der Waals surface area (Å²) >= 11 is 0. The molecule has 0 heterocycles. The zero-order chi connectivity index (χ0) is 16.8. The van der Waals surface area contributed by atoms with Crippen molar-refractivity contribution in [3.63, 3.8) is 0 Å². The van der Waals surface area contributed by atoms with E-state index in [0.717, 1.165) is 23.3 Å². The maximum atomic E-state index is 12.2. The van der Waals surface area contributed by atoms with Crippen LogP contribution in [-0.4, -0.2) is 54.9 Å². The number of sulfonamides is 2. The van der Waals surface area contributed by atoms with E-state index in [4.69, 9.17) is 0 Å². The zero-order valence-electron chi connectivity index (χ0n) is 13.0. The molecule has 0 aliphatic rings. The minimum atomic E-state index is -3.73. The summed E-state index contributed by atoms with van der Waals surface area (Å²) in [7, 11) is -4.60. The molecule has 1 aromatic rings. The monoisotopic (exact) mass is 349 g/mol. The molecule has 1 rings (SSSR count). The van der Waals surface area contributed by atoms with Crippen LogP contribution < -0.4 is 10.0 Å². The van der Waals surface area contributed by atoms with Gasteiger partial charge in [0.15, 0.2) is 0 Å². The van der Waals surface area contributed by atoms with E-state index in [1.807, 2.05) is 6.92 Å². The van der Waals surface area contributed by atoms with E-state index < -0.39 is 20.0 Å². The van der Waals surface area contributed by atoms with Gasteiger partial charge < -0.3 is 5.32 Å². The molecule has 0 saturated carbocycles. The third-order valence-electron chi connectivity index (χ3n) is 2.92. The molecule has 126 valence electrons. The van der Waals surface area contributed by atoms with Crippen LogP contribution >= 0.6 is 0 Å². The fourth-order valence-electron chi connectivity index (χ4n) is 1.67. The van der Waals surface area contributed by atoms with Crippen molar-refractivity contribution in [3.05, 3.63) is 24.3 Å². The molecule has 0 unspecified atom stereocenters. The number of nitrogens with one attached hydrogen (secondary N) is 2. The third-order valence-corrected chi connectivity index (χ3v) is 6.18. The second-order valence-electron chi connectivity index (χ2n) is 4.91. The molecule has 0 amide bonds. The van der Waals surface area contributed by atoms with Gasteiger partial charge in [0.2, 0.25) is 20.0 Å². The predicted octanol–water partition coefficient (Wildman–Crippen LogP) is 0.215. The van der Waals surface area contributed by atoms with Crippen molar-refractivity contribution in [1.29, 1.82) is 0 Å². The summed E-state index contributed by atoms with van der Waals surface area (Å²) in [5.74, 6) is 0. The van der Waals surface area contributed by atoms with Crippen molar-refractivity contribution in [2.75, 3.05) is 33.7 Å². The second kappa shape index (κ2) is 8.02. The molecule has 0 saturated heterocycles. The van der Waals surface area contributed by atoms with E-state index in [2.05, 4.69) is 10.0 Å². The molecule has 0 aliphatic heterocycles. The molecule has 0 atom stereocenters. The van der Waals surface area contributed by atoms with E-state index in [0.29, 0.717) is 6.54 Å². The van der Waals surface area contributed by atoms with Crippen molar-refractivity contribution in [3.8, 4) is 0 Å². The van der Waals surface area contributed by atoms with Crippen molar-refractivity contribution < 1.29 is 16.8 Å². The highest BCUT2D eigenvalue weighted by molar-refractivity contribution is 7.90. The maximum absolute atomic E-state index is 12.2. The standard InChI is InChI=1S/C13H23N3O4S2/c1-4-8-14-9-10-15-21(17,18)12-6-5-7-13(11-12)22(19,20)16(2)3/h5-7,11,14-15H,4,8-10H2,1-3H3. The fourth-order valence-corrected chi connectivity index (χ4v) is 3.77. The highest BCUT2D eigenvalue weighted by Gasteiger charge is 2.20. The lowest BCUT2D eigenvalue weighted by atomic mass is 10.4. The molecule has 22 heavy (non-hydrogen) atoms. The average molecular weight is 349 g/mol. The summed E-state index contributed by atoms with van der Waals surface area (Å²) in [4.78, 5) is -0.115. The van der Waals surface area contributed by atoms with E-state index in [1.54, 1.807) is 0 Å². The average Bonchev–Trinajstić information content (AvgIpc) is 2.47. The van der Waals surface area contributed by atoms with Gasteiger partial charge in [-0.05, 0) is 31.2 Å². The lowest BCUT2D eigenvalue weighted by Crippen LogP contribution is -2.32. The van der Waals surface area contributed by atoms with E-state index in [1.165, 1.54) is 32.3 Å². The Bertz CT molecular complexity index is 685. The SMILES string of the molecule is CCCNCCNS(=O)(=O)c1cccc(S(=O)(=O)N(C)C)c1. The topological polar surface area (TPSA) is 95.6 Å². The highest BCUT2D eigenvalue weighted by Crippen LogP contribution is 2.17. The summed E-state index contributed by atoms with van der Waals surface area (Å²) in [6.07, 6.45) is 0.969. The lowest BCUT2D eigenvalue weighted by molar-refractivity contribution is 0.520. The molecule has 7 nitrogen and oxygen atoms in total. The van der Waals surface area contributed by atoms with Gasteiger partial charge in [-0.2, -0.15) is 0 Å². The van der Waals surface area contributed by atoms with E-state index in [-0.39, 0.29) is 16.3 Å². The Labute approximate surface area is 132 Å². The van der Waals surface area contributed by atoms with Crippen molar-refractivity contribution >= 4 is 20.0 Å². The maximum Gasteiger partial charge on any atom is 0.242 e. The Hall–Kier alpha value is -1.00. The largest absolute Gasteiger partial charge is 0.315 e. The molecule has 0 fully saturated rings. The first-order chi connectivity index (χ1) is 10.2. The summed E-state index contributed by atoms with van der Waals surface area (Å²) in [6, 6.07) is 5.32. The Morgan fingerprint density at radius 2 is 1.64 bits per heavy atom. The van der Waals surface area contributed by atoms with Crippen LogP contribution in [0.3, 0.4) is 0 Å². The van der Waals surface area contributed by atoms with E-state index >= 15 is 0 Å². The molecule has 0 aromatic heterocycles. The molecule has 0 radical (unpaired) electrons. The number of nitrogens with zero attached hydrogens (tertiary/aromatic N) is 1. The molecule has 0 aliphatic carbocycles. The fraction of sp³-hybridized carbons (Fsp3) is 0.538. The molecule has 0 bridgehead atoms. The van der Waals surface area contributed by atoms with Crippen molar-refractivity contribution in [2.24, 2.45) is 0 Å². The van der Waals surface area contributed by atoms with Gasteiger partial charge in [0.05, 0.1) is 9.79 Å². The van der Waals surface area contributed by atoms with Crippen LogP contribution in [0.15, 0.2) is 34.1 Å². The summed E-state index contributed by atoms with van der Waals surface area (Å²) in [5.41, 5.74) is 0. The minimum absolute atomic E-state index is 0.0514. The Morgan fingerprint density at radius 1 is 1.00 bits per heavy atom. The third kappa shape index (κ3) is 5.03. The van der Waals surface area contributed by atoms with Gasteiger partial charge >= 0.3 is 0 Å². The van der Waals surface area contributed by atoms with Gasteiger partial charge in [-0.15, -0.1) is 0 Å². The van der Waals surface area contributed by atoms with Gasteiger partial charge in [0.25, 0.3) is 0 Å². The number of hydrogen-bond donors (Lipinski definition) is 2.